The summed E-state index contributed by atoms with van der Waals surface area (Å²) in [5.74, 6) is 1.09. The summed E-state index contributed by atoms with van der Waals surface area (Å²) in [6.07, 6.45) is 3.81. The maximum absolute atomic E-state index is 13.2. The largest absolute Gasteiger partial charge is 0.439 e. The Balaban J connectivity index is 1.53. The lowest BCUT2D eigenvalue weighted by atomic mass is 10.3. The Bertz CT molecular complexity index is 835. The van der Waals surface area contributed by atoms with E-state index in [4.69, 9.17) is 4.74 Å². The molecule has 2 aromatic rings. The van der Waals surface area contributed by atoms with E-state index < -0.39 is 0 Å². The second kappa shape index (κ2) is 10.4. The molecule has 1 aromatic heterocycles. The molecule has 1 saturated heterocycles. The van der Waals surface area contributed by atoms with Crippen LogP contribution in [0.4, 0.5) is 4.39 Å². The molecular formula is C21H26FN5O2. The molecule has 7 nitrogen and oxygen atoms in total. The number of benzene rings is 1. The van der Waals surface area contributed by atoms with Crippen LogP contribution in [0.2, 0.25) is 0 Å². The van der Waals surface area contributed by atoms with E-state index in [9.17, 15) is 9.18 Å². The number of ether oxygens (including phenoxy) is 1. The molecule has 0 saturated carbocycles. The van der Waals surface area contributed by atoms with Crippen LogP contribution in [0.25, 0.3) is 0 Å². The number of likely N-dealkylation sites (tertiary alicyclic amines) is 1. The zero-order chi connectivity index (χ0) is 20.5. The first-order valence-electron chi connectivity index (χ1n) is 9.82. The third kappa shape index (κ3) is 6.44. The Labute approximate surface area is 170 Å². The Morgan fingerprint density at radius 3 is 2.76 bits per heavy atom. The second-order valence-corrected chi connectivity index (χ2v) is 6.70. The Kier molecular flexibility index (Phi) is 7.38. The number of aromatic nitrogens is 1. The average Bonchev–Trinajstić information content (AvgIpc) is 3.26. The van der Waals surface area contributed by atoms with Gasteiger partial charge in [-0.05, 0) is 37.5 Å². The van der Waals surface area contributed by atoms with Gasteiger partial charge in [0.2, 0.25) is 11.8 Å². The number of hydrogen-bond acceptors (Lipinski definition) is 4. The number of halogens is 1. The zero-order valence-corrected chi connectivity index (χ0v) is 16.5. The van der Waals surface area contributed by atoms with Crippen LogP contribution in [0.3, 0.4) is 0 Å². The van der Waals surface area contributed by atoms with E-state index in [1.54, 1.807) is 24.4 Å². The van der Waals surface area contributed by atoms with Crippen LogP contribution in [-0.4, -0.2) is 47.9 Å². The van der Waals surface area contributed by atoms with Crippen LogP contribution < -0.4 is 15.4 Å². The maximum Gasteiger partial charge on any atom is 0.241 e. The highest BCUT2D eigenvalue weighted by Crippen LogP contribution is 2.20. The molecule has 0 bridgehead atoms. The van der Waals surface area contributed by atoms with Crippen molar-refractivity contribution in [2.45, 2.75) is 26.3 Å². The topological polar surface area (TPSA) is 78.9 Å². The van der Waals surface area contributed by atoms with Crippen molar-refractivity contribution >= 4 is 11.9 Å². The molecule has 1 amide bonds. The van der Waals surface area contributed by atoms with Crippen molar-refractivity contribution in [3.8, 4) is 11.6 Å². The average molecular weight is 399 g/mol. The molecule has 2 heterocycles. The lowest BCUT2D eigenvalue weighted by molar-refractivity contribution is -0.128. The summed E-state index contributed by atoms with van der Waals surface area (Å²) in [5.41, 5.74) is 0.889. The van der Waals surface area contributed by atoms with Gasteiger partial charge in [0.25, 0.3) is 0 Å². The first kappa shape index (κ1) is 20.6. The number of guanidine groups is 1. The Morgan fingerprint density at radius 2 is 2.07 bits per heavy atom. The van der Waals surface area contributed by atoms with E-state index in [2.05, 4.69) is 20.6 Å². The van der Waals surface area contributed by atoms with Crippen molar-refractivity contribution in [1.29, 1.82) is 0 Å². The van der Waals surface area contributed by atoms with Crippen molar-refractivity contribution in [3.05, 3.63) is 54.0 Å². The predicted molar refractivity (Wildman–Crippen MR) is 109 cm³/mol. The van der Waals surface area contributed by atoms with Gasteiger partial charge in [0.05, 0.1) is 13.1 Å². The quantitative estimate of drug-likeness (QED) is 0.553. The minimum absolute atomic E-state index is 0.0913. The molecule has 8 heteroatoms. The van der Waals surface area contributed by atoms with Crippen molar-refractivity contribution < 1.29 is 13.9 Å². The van der Waals surface area contributed by atoms with Crippen LogP contribution in [0.1, 0.15) is 25.3 Å². The molecule has 3 rings (SSSR count). The number of pyridine rings is 1. The summed E-state index contributed by atoms with van der Waals surface area (Å²) in [6.45, 7) is 4.97. The molecule has 1 aliphatic heterocycles. The zero-order valence-electron chi connectivity index (χ0n) is 16.5. The van der Waals surface area contributed by atoms with Crippen molar-refractivity contribution in [2.24, 2.45) is 4.99 Å². The highest BCUT2D eigenvalue weighted by Gasteiger charge is 2.17. The molecule has 0 spiro atoms. The molecule has 0 aliphatic carbocycles. The lowest BCUT2D eigenvalue weighted by Crippen LogP contribution is -2.44. The fourth-order valence-electron chi connectivity index (χ4n) is 2.97. The van der Waals surface area contributed by atoms with Gasteiger partial charge in [-0.2, -0.15) is 0 Å². The molecular weight excluding hydrogens is 373 g/mol. The summed E-state index contributed by atoms with van der Waals surface area (Å²) in [6, 6.07) is 9.48. The van der Waals surface area contributed by atoms with Crippen molar-refractivity contribution in [1.82, 2.24) is 20.5 Å². The van der Waals surface area contributed by atoms with E-state index >= 15 is 0 Å². The van der Waals surface area contributed by atoms with E-state index in [1.165, 1.54) is 12.1 Å². The number of aliphatic imine (C=N–C) groups is 1. The van der Waals surface area contributed by atoms with Gasteiger partial charge in [-0.1, -0.05) is 12.1 Å². The fraction of sp³-hybridized carbons (Fsp3) is 0.381. The molecule has 0 unspecified atom stereocenters. The minimum atomic E-state index is -0.361. The monoisotopic (exact) mass is 399 g/mol. The molecule has 1 aromatic carbocycles. The van der Waals surface area contributed by atoms with E-state index in [-0.39, 0.29) is 18.3 Å². The van der Waals surface area contributed by atoms with Crippen LogP contribution >= 0.6 is 0 Å². The highest BCUT2D eigenvalue weighted by atomic mass is 19.1. The van der Waals surface area contributed by atoms with Gasteiger partial charge in [0, 0.05) is 38.0 Å². The summed E-state index contributed by atoms with van der Waals surface area (Å²) >= 11 is 0. The normalized spacial score (nSPS) is 14.0. The molecule has 154 valence electrons. The van der Waals surface area contributed by atoms with Gasteiger partial charge < -0.3 is 20.3 Å². The Hall–Kier alpha value is -3.16. The van der Waals surface area contributed by atoms with Crippen molar-refractivity contribution in [2.75, 3.05) is 26.2 Å². The summed E-state index contributed by atoms with van der Waals surface area (Å²) in [7, 11) is 0. The first-order valence-corrected chi connectivity index (χ1v) is 9.82. The number of nitrogens with one attached hydrogen (secondary N) is 2. The number of hydrogen-bond donors (Lipinski definition) is 2. The number of nitrogens with zero attached hydrogens (tertiary/aromatic N) is 3. The maximum atomic E-state index is 13.2. The Morgan fingerprint density at radius 1 is 1.24 bits per heavy atom. The van der Waals surface area contributed by atoms with Gasteiger partial charge in [0.15, 0.2) is 5.96 Å². The number of rotatable bonds is 7. The van der Waals surface area contributed by atoms with E-state index in [0.717, 1.165) is 31.5 Å². The summed E-state index contributed by atoms with van der Waals surface area (Å²) in [4.78, 5) is 22.8. The smallest absolute Gasteiger partial charge is 0.241 e. The third-order valence-corrected chi connectivity index (χ3v) is 4.45. The molecule has 0 radical (unpaired) electrons. The minimum Gasteiger partial charge on any atom is -0.439 e. The van der Waals surface area contributed by atoms with Gasteiger partial charge >= 0.3 is 0 Å². The predicted octanol–water partition coefficient (Wildman–Crippen LogP) is 2.69. The van der Waals surface area contributed by atoms with Crippen LogP contribution in [0.5, 0.6) is 11.6 Å². The van der Waals surface area contributed by atoms with Crippen LogP contribution in [0, 0.1) is 5.82 Å². The lowest BCUT2D eigenvalue weighted by Gasteiger charge is -2.17. The molecule has 2 N–H and O–H groups in total. The third-order valence-electron chi connectivity index (χ3n) is 4.45. The summed E-state index contributed by atoms with van der Waals surface area (Å²) < 4.78 is 18.8. The van der Waals surface area contributed by atoms with E-state index in [1.807, 2.05) is 17.9 Å². The fourth-order valence-corrected chi connectivity index (χ4v) is 2.97. The van der Waals surface area contributed by atoms with Gasteiger partial charge in [-0.25, -0.2) is 14.4 Å². The molecule has 1 fully saturated rings. The van der Waals surface area contributed by atoms with E-state index in [0.29, 0.717) is 30.7 Å². The first-order chi connectivity index (χ1) is 14.1. The van der Waals surface area contributed by atoms with Gasteiger partial charge in [0.1, 0.15) is 11.6 Å². The molecule has 1 aliphatic rings. The van der Waals surface area contributed by atoms with Crippen molar-refractivity contribution in [3.63, 3.8) is 0 Å². The second-order valence-electron chi connectivity index (χ2n) is 6.70. The molecule has 29 heavy (non-hydrogen) atoms. The molecule has 0 atom stereocenters. The number of amides is 1. The summed E-state index contributed by atoms with van der Waals surface area (Å²) in [5, 5.41) is 6.22. The number of carbonyl (C=O) groups is 1. The van der Waals surface area contributed by atoms with Gasteiger partial charge in [-0.3, -0.25) is 4.79 Å². The van der Waals surface area contributed by atoms with Gasteiger partial charge in [-0.15, -0.1) is 0 Å². The number of carbonyl (C=O) groups excluding carboxylic acids is 1. The standard InChI is InChI=1S/C21H26FN5O2/c1-2-23-21(26-15-20(28)27-10-3-4-11-27)25-14-16-8-9-19(24-13-16)29-18-7-5-6-17(22)12-18/h5-9,12-13H,2-4,10-11,14-15H2,1H3,(H2,23,25,26). The van der Waals surface area contributed by atoms with Crippen LogP contribution in [0.15, 0.2) is 47.6 Å². The SMILES string of the molecule is CCNC(=NCc1ccc(Oc2cccc(F)c2)nc1)NCC(=O)N1CCCC1. The van der Waals surface area contributed by atoms with Crippen LogP contribution in [-0.2, 0) is 11.3 Å². The highest BCUT2D eigenvalue weighted by molar-refractivity contribution is 5.86.